The highest BCUT2D eigenvalue weighted by Crippen LogP contribution is 2.37. The summed E-state index contributed by atoms with van der Waals surface area (Å²) in [6.07, 6.45) is 5.86. The van der Waals surface area contributed by atoms with Crippen LogP contribution in [0.2, 0.25) is 0 Å². The number of aromatic nitrogens is 4. The van der Waals surface area contributed by atoms with Crippen LogP contribution in [0.3, 0.4) is 0 Å². The van der Waals surface area contributed by atoms with Crippen molar-refractivity contribution in [1.29, 1.82) is 0 Å². The fraction of sp³-hybridized carbons (Fsp3) is 0.417. The van der Waals surface area contributed by atoms with Gasteiger partial charge in [0.1, 0.15) is 12.0 Å². The summed E-state index contributed by atoms with van der Waals surface area (Å²) in [5.74, 6) is 0.518. The van der Waals surface area contributed by atoms with Crippen molar-refractivity contribution in [2.45, 2.75) is 25.4 Å². The van der Waals surface area contributed by atoms with Crippen LogP contribution < -0.4 is 5.32 Å². The number of aryl methyl sites for hydroxylation is 1. The molecule has 1 saturated carbocycles. The summed E-state index contributed by atoms with van der Waals surface area (Å²) >= 11 is 3.42. The third kappa shape index (κ3) is 2.70. The lowest BCUT2D eigenvalue weighted by Gasteiger charge is -2.07. The van der Waals surface area contributed by atoms with Crippen molar-refractivity contribution < 1.29 is 4.79 Å². The maximum Gasteiger partial charge on any atom is 0.268 e. The van der Waals surface area contributed by atoms with Crippen molar-refractivity contribution >= 4 is 21.8 Å². The number of amides is 1. The van der Waals surface area contributed by atoms with Crippen LogP contribution in [-0.2, 0) is 13.6 Å². The van der Waals surface area contributed by atoms with Crippen molar-refractivity contribution in [2.75, 3.05) is 0 Å². The van der Waals surface area contributed by atoms with Gasteiger partial charge in [-0.3, -0.25) is 9.48 Å². The molecule has 0 saturated heterocycles. The molecule has 0 atom stereocenters. The topological polar surface area (TPSA) is 64.7 Å². The molecule has 1 amide bonds. The van der Waals surface area contributed by atoms with Crippen LogP contribution in [0.5, 0.6) is 0 Å². The quantitative estimate of drug-likeness (QED) is 0.930. The Morgan fingerprint density at radius 2 is 2.37 bits per heavy atom. The lowest BCUT2D eigenvalue weighted by molar-refractivity contribution is 0.0940. The average Bonchev–Trinajstić information content (AvgIpc) is 3.03. The van der Waals surface area contributed by atoms with E-state index in [2.05, 4.69) is 31.3 Å². The van der Waals surface area contributed by atoms with Crippen LogP contribution in [0.4, 0.5) is 0 Å². The number of hydrogen-bond acceptors (Lipinski definition) is 3. The molecule has 0 spiro atoms. The SMILES string of the molecule is Cn1cnc(CNC(=O)c2cc(Br)cn2C2CC2)n1. The van der Waals surface area contributed by atoms with Crippen molar-refractivity contribution in [3.63, 3.8) is 0 Å². The van der Waals surface area contributed by atoms with E-state index < -0.39 is 0 Å². The highest BCUT2D eigenvalue weighted by molar-refractivity contribution is 9.10. The molecule has 3 rings (SSSR count). The molecule has 1 aliphatic rings. The number of rotatable bonds is 4. The van der Waals surface area contributed by atoms with Gasteiger partial charge in [-0.1, -0.05) is 0 Å². The van der Waals surface area contributed by atoms with Gasteiger partial charge in [0.15, 0.2) is 5.82 Å². The Morgan fingerprint density at radius 1 is 1.58 bits per heavy atom. The lowest BCUT2D eigenvalue weighted by Crippen LogP contribution is -2.25. The maximum absolute atomic E-state index is 12.2. The van der Waals surface area contributed by atoms with Crippen LogP contribution in [0.1, 0.15) is 35.2 Å². The van der Waals surface area contributed by atoms with E-state index in [9.17, 15) is 4.79 Å². The number of halogens is 1. The van der Waals surface area contributed by atoms with Crippen LogP contribution in [0.25, 0.3) is 0 Å². The lowest BCUT2D eigenvalue weighted by atomic mass is 10.4. The number of hydrogen-bond donors (Lipinski definition) is 1. The Kier molecular flexibility index (Phi) is 3.14. The molecule has 100 valence electrons. The van der Waals surface area contributed by atoms with E-state index in [0.29, 0.717) is 24.1 Å². The molecule has 0 aromatic carbocycles. The summed E-state index contributed by atoms with van der Waals surface area (Å²) in [4.78, 5) is 16.3. The van der Waals surface area contributed by atoms with E-state index in [1.165, 1.54) is 0 Å². The highest BCUT2D eigenvalue weighted by Gasteiger charge is 2.27. The molecular weight excluding hydrogens is 310 g/mol. The van der Waals surface area contributed by atoms with Gasteiger partial charge in [0, 0.05) is 23.8 Å². The first kappa shape index (κ1) is 12.4. The zero-order valence-corrected chi connectivity index (χ0v) is 12.1. The average molecular weight is 324 g/mol. The molecule has 2 aromatic heterocycles. The minimum atomic E-state index is -0.0925. The fourth-order valence-corrected chi connectivity index (χ4v) is 2.43. The molecule has 1 N–H and O–H groups in total. The zero-order chi connectivity index (χ0) is 13.4. The summed E-state index contributed by atoms with van der Waals surface area (Å²) in [5, 5.41) is 6.97. The van der Waals surface area contributed by atoms with E-state index in [4.69, 9.17) is 0 Å². The summed E-state index contributed by atoms with van der Waals surface area (Å²) in [5.41, 5.74) is 0.685. The monoisotopic (exact) mass is 323 g/mol. The molecule has 0 aliphatic heterocycles. The second-order valence-electron chi connectivity index (χ2n) is 4.70. The third-order valence-electron chi connectivity index (χ3n) is 3.04. The first-order valence-corrected chi connectivity index (χ1v) is 6.93. The first-order chi connectivity index (χ1) is 9.13. The molecule has 0 radical (unpaired) electrons. The second-order valence-corrected chi connectivity index (χ2v) is 5.61. The molecule has 19 heavy (non-hydrogen) atoms. The van der Waals surface area contributed by atoms with E-state index in [1.54, 1.807) is 18.1 Å². The van der Waals surface area contributed by atoms with Crippen LogP contribution in [0.15, 0.2) is 23.1 Å². The molecule has 1 aliphatic carbocycles. The maximum atomic E-state index is 12.2. The van der Waals surface area contributed by atoms with E-state index in [1.807, 2.05) is 16.8 Å². The van der Waals surface area contributed by atoms with E-state index >= 15 is 0 Å². The molecule has 2 aromatic rings. The summed E-state index contributed by atoms with van der Waals surface area (Å²) in [6, 6.07) is 2.32. The molecule has 2 heterocycles. The Bertz CT molecular complexity index is 613. The number of carbonyl (C=O) groups is 1. The largest absolute Gasteiger partial charge is 0.343 e. The first-order valence-electron chi connectivity index (χ1n) is 6.13. The van der Waals surface area contributed by atoms with Crippen LogP contribution in [-0.4, -0.2) is 25.2 Å². The van der Waals surface area contributed by atoms with Gasteiger partial charge < -0.3 is 9.88 Å². The zero-order valence-electron chi connectivity index (χ0n) is 10.5. The molecule has 7 heteroatoms. The van der Waals surface area contributed by atoms with Gasteiger partial charge in [-0.05, 0) is 34.8 Å². The molecule has 1 fully saturated rings. The standard InChI is InChI=1S/C12H14BrN5O/c1-17-7-15-11(16-17)5-14-12(19)10-4-8(13)6-18(10)9-2-3-9/h4,6-7,9H,2-3,5H2,1H3,(H,14,19). The number of nitrogens with zero attached hydrogens (tertiary/aromatic N) is 4. The second kappa shape index (κ2) is 4.80. The van der Waals surface area contributed by atoms with Gasteiger partial charge in [0.05, 0.1) is 6.54 Å². The Balaban J connectivity index is 1.70. The van der Waals surface area contributed by atoms with Gasteiger partial charge in [0.2, 0.25) is 0 Å². The Morgan fingerprint density at radius 3 is 3.00 bits per heavy atom. The van der Waals surface area contributed by atoms with E-state index in [-0.39, 0.29) is 5.91 Å². The number of carbonyl (C=O) groups excluding carboxylic acids is 1. The number of nitrogens with one attached hydrogen (secondary N) is 1. The van der Waals surface area contributed by atoms with Crippen molar-refractivity contribution in [2.24, 2.45) is 7.05 Å². The van der Waals surface area contributed by atoms with Crippen molar-refractivity contribution in [3.8, 4) is 0 Å². The van der Waals surface area contributed by atoms with Crippen molar-refractivity contribution in [3.05, 3.63) is 34.6 Å². The van der Waals surface area contributed by atoms with Gasteiger partial charge >= 0.3 is 0 Å². The van der Waals surface area contributed by atoms with Crippen LogP contribution in [0, 0.1) is 0 Å². The fourth-order valence-electron chi connectivity index (χ4n) is 2.00. The van der Waals surface area contributed by atoms with Gasteiger partial charge in [-0.25, -0.2) is 4.98 Å². The minimum absolute atomic E-state index is 0.0925. The summed E-state index contributed by atoms with van der Waals surface area (Å²) < 4.78 is 4.58. The van der Waals surface area contributed by atoms with Crippen LogP contribution >= 0.6 is 15.9 Å². The third-order valence-corrected chi connectivity index (χ3v) is 3.48. The predicted octanol–water partition coefficient (Wildman–Crippen LogP) is 1.64. The Labute approximate surface area is 118 Å². The Hall–Kier alpha value is -1.63. The minimum Gasteiger partial charge on any atom is -0.343 e. The molecular formula is C12H14BrN5O. The highest BCUT2D eigenvalue weighted by atomic mass is 79.9. The smallest absolute Gasteiger partial charge is 0.268 e. The van der Waals surface area contributed by atoms with Gasteiger partial charge in [-0.15, -0.1) is 0 Å². The van der Waals surface area contributed by atoms with Gasteiger partial charge in [-0.2, -0.15) is 5.10 Å². The molecule has 6 nitrogen and oxygen atoms in total. The van der Waals surface area contributed by atoms with Gasteiger partial charge in [0.25, 0.3) is 5.91 Å². The molecule has 0 unspecified atom stereocenters. The summed E-state index contributed by atoms with van der Waals surface area (Å²) in [7, 11) is 1.80. The van der Waals surface area contributed by atoms with E-state index in [0.717, 1.165) is 17.3 Å². The predicted molar refractivity (Wildman–Crippen MR) is 72.6 cm³/mol. The summed E-state index contributed by atoms with van der Waals surface area (Å²) in [6.45, 7) is 0.340. The normalized spacial score (nSPS) is 14.6. The molecule has 0 bridgehead atoms. The van der Waals surface area contributed by atoms with Crippen molar-refractivity contribution in [1.82, 2.24) is 24.6 Å².